The molecule has 3 amide bonds. The molecule has 202 valence electrons. The summed E-state index contributed by atoms with van der Waals surface area (Å²) >= 11 is 0. The van der Waals surface area contributed by atoms with Gasteiger partial charge in [-0.05, 0) is 49.8 Å². The van der Waals surface area contributed by atoms with Crippen molar-refractivity contribution in [1.82, 2.24) is 20.9 Å². The van der Waals surface area contributed by atoms with E-state index in [9.17, 15) is 24.3 Å². The van der Waals surface area contributed by atoms with E-state index in [-0.39, 0.29) is 30.7 Å². The lowest BCUT2D eigenvalue weighted by Gasteiger charge is -2.28. The third kappa shape index (κ3) is 7.41. The predicted octanol–water partition coefficient (Wildman–Crippen LogP) is 1.66. The minimum atomic E-state index is -1.04. The van der Waals surface area contributed by atoms with Gasteiger partial charge in [-0.1, -0.05) is 60.7 Å². The van der Waals surface area contributed by atoms with Gasteiger partial charge in [0, 0.05) is 25.4 Å². The molecule has 2 fully saturated rings. The summed E-state index contributed by atoms with van der Waals surface area (Å²) < 4.78 is 0. The molecule has 0 saturated carbocycles. The van der Waals surface area contributed by atoms with Crippen LogP contribution in [0.1, 0.15) is 43.2 Å². The van der Waals surface area contributed by atoms with Crippen LogP contribution in [-0.4, -0.2) is 71.0 Å². The van der Waals surface area contributed by atoms with Crippen LogP contribution in [-0.2, 0) is 32.0 Å². The number of amides is 3. The van der Waals surface area contributed by atoms with E-state index in [1.165, 1.54) is 4.90 Å². The van der Waals surface area contributed by atoms with Gasteiger partial charge in [0.15, 0.2) is 0 Å². The first-order valence-corrected chi connectivity index (χ1v) is 13.3. The van der Waals surface area contributed by atoms with Crippen molar-refractivity contribution in [1.29, 1.82) is 0 Å². The Bertz CT molecular complexity index is 1100. The van der Waals surface area contributed by atoms with Gasteiger partial charge >= 0.3 is 5.97 Å². The summed E-state index contributed by atoms with van der Waals surface area (Å²) in [4.78, 5) is 52.8. The first-order chi connectivity index (χ1) is 18.4. The van der Waals surface area contributed by atoms with Crippen molar-refractivity contribution in [2.75, 3.05) is 13.1 Å². The van der Waals surface area contributed by atoms with E-state index in [1.54, 1.807) is 0 Å². The number of carbonyl (C=O) groups is 4. The first-order valence-electron chi connectivity index (χ1n) is 13.3. The molecule has 4 rings (SSSR count). The zero-order chi connectivity index (χ0) is 26.9. The van der Waals surface area contributed by atoms with Crippen LogP contribution in [0.4, 0.5) is 0 Å². The van der Waals surface area contributed by atoms with Crippen molar-refractivity contribution in [2.24, 2.45) is 0 Å². The number of carbonyl (C=O) groups excluding carboxylic acids is 3. The van der Waals surface area contributed by atoms with Gasteiger partial charge in [0.05, 0.1) is 6.04 Å². The normalized spacial score (nSPS) is 20.5. The molecule has 0 aromatic heterocycles. The monoisotopic (exact) mass is 520 g/mol. The fraction of sp³-hybridized carbons (Fsp3) is 0.448. The Morgan fingerprint density at radius 1 is 0.895 bits per heavy atom. The number of hydrogen-bond donors (Lipinski definition) is 4. The molecule has 4 atom stereocenters. The second kappa shape index (κ2) is 13.2. The van der Waals surface area contributed by atoms with Crippen molar-refractivity contribution in [3.63, 3.8) is 0 Å². The Morgan fingerprint density at radius 3 is 2.16 bits per heavy atom. The summed E-state index contributed by atoms with van der Waals surface area (Å²) in [5, 5.41) is 18.7. The third-order valence-electron chi connectivity index (χ3n) is 7.22. The number of rotatable bonds is 11. The van der Waals surface area contributed by atoms with Gasteiger partial charge < -0.3 is 26.0 Å². The summed E-state index contributed by atoms with van der Waals surface area (Å²) in [6.07, 6.45) is 3.40. The number of benzene rings is 2. The molecule has 38 heavy (non-hydrogen) atoms. The molecule has 0 spiro atoms. The fourth-order valence-electron chi connectivity index (χ4n) is 5.30. The number of hydrogen-bond acceptors (Lipinski definition) is 5. The average Bonchev–Trinajstić information content (AvgIpc) is 3.62. The highest BCUT2D eigenvalue weighted by Gasteiger charge is 2.38. The highest BCUT2D eigenvalue weighted by atomic mass is 16.4. The van der Waals surface area contributed by atoms with E-state index in [2.05, 4.69) is 16.0 Å². The van der Waals surface area contributed by atoms with Crippen molar-refractivity contribution in [3.05, 3.63) is 71.8 Å². The Labute approximate surface area is 223 Å². The molecule has 2 aliphatic heterocycles. The molecule has 2 heterocycles. The molecule has 0 bridgehead atoms. The maximum atomic E-state index is 13.5. The second-order valence-electron chi connectivity index (χ2n) is 10.1. The minimum Gasteiger partial charge on any atom is -0.480 e. The number of aliphatic carboxylic acids is 1. The fourth-order valence-corrected chi connectivity index (χ4v) is 5.30. The molecule has 9 heteroatoms. The van der Waals surface area contributed by atoms with Gasteiger partial charge in [-0.3, -0.25) is 14.4 Å². The molecular weight excluding hydrogens is 484 g/mol. The molecule has 4 N–H and O–H groups in total. The first kappa shape index (κ1) is 27.3. The topological polar surface area (TPSA) is 128 Å². The number of carboxylic acid groups (broad SMARTS) is 1. The van der Waals surface area contributed by atoms with Gasteiger partial charge in [0.25, 0.3) is 0 Å². The lowest BCUT2D eigenvalue weighted by molar-refractivity contribution is -0.149. The summed E-state index contributed by atoms with van der Waals surface area (Å²) in [5.41, 5.74) is 1.85. The van der Waals surface area contributed by atoms with Crippen LogP contribution in [0.15, 0.2) is 60.7 Å². The number of likely N-dealkylation sites (tertiary alicyclic amines) is 1. The van der Waals surface area contributed by atoms with E-state index in [4.69, 9.17) is 0 Å². The van der Waals surface area contributed by atoms with Gasteiger partial charge in [-0.2, -0.15) is 0 Å². The zero-order valence-corrected chi connectivity index (χ0v) is 21.5. The number of carboxylic acids is 1. The summed E-state index contributed by atoms with van der Waals surface area (Å²) in [5.74, 6) is -1.93. The number of nitrogens with one attached hydrogen (secondary N) is 3. The molecule has 2 aromatic rings. The smallest absolute Gasteiger partial charge is 0.326 e. The lowest BCUT2D eigenvalue weighted by atomic mass is 10.0. The molecular formula is C29H36N4O5. The molecule has 0 unspecified atom stereocenters. The average molecular weight is 521 g/mol. The summed E-state index contributed by atoms with van der Waals surface area (Å²) in [6.45, 7) is 1.14. The van der Waals surface area contributed by atoms with E-state index in [0.29, 0.717) is 25.8 Å². The predicted molar refractivity (Wildman–Crippen MR) is 142 cm³/mol. The van der Waals surface area contributed by atoms with Crippen LogP contribution in [0.25, 0.3) is 0 Å². The van der Waals surface area contributed by atoms with Gasteiger partial charge in [-0.25, -0.2) is 4.79 Å². The second-order valence-corrected chi connectivity index (χ2v) is 10.1. The molecule has 2 saturated heterocycles. The van der Waals surface area contributed by atoms with Gasteiger partial charge in [0.2, 0.25) is 17.7 Å². The summed E-state index contributed by atoms with van der Waals surface area (Å²) in [7, 11) is 0. The van der Waals surface area contributed by atoms with Crippen LogP contribution >= 0.6 is 0 Å². The Morgan fingerprint density at radius 2 is 1.55 bits per heavy atom. The molecule has 0 radical (unpaired) electrons. The van der Waals surface area contributed by atoms with Gasteiger partial charge in [-0.15, -0.1) is 0 Å². The Kier molecular flexibility index (Phi) is 9.48. The Balaban J connectivity index is 1.48. The molecule has 2 aliphatic rings. The van der Waals surface area contributed by atoms with Crippen LogP contribution in [0.2, 0.25) is 0 Å². The van der Waals surface area contributed by atoms with Crippen LogP contribution < -0.4 is 16.0 Å². The standard InChI is InChI=1S/C29H36N4O5/c34-26(19-22(17-20-9-3-1-4-10-20)31-27(35)23-13-7-15-30-23)32-24(18-21-11-5-2-6-12-21)28(36)33-16-8-14-25(33)29(37)38/h1-6,9-12,22-25,30H,7-8,13-19H2,(H,31,35)(H,32,34)(H,37,38)/t22-,23-,24+,25-/m0/s1. The quantitative estimate of drug-likeness (QED) is 0.357. The zero-order valence-electron chi connectivity index (χ0n) is 21.5. The highest BCUT2D eigenvalue weighted by molar-refractivity contribution is 5.91. The van der Waals surface area contributed by atoms with Crippen molar-refractivity contribution >= 4 is 23.7 Å². The Hall–Kier alpha value is -3.72. The van der Waals surface area contributed by atoms with Crippen molar-refractivity contribution in [2.45, 2.75) is 69.1 Å². The number of nitrogens with zero attached hydrogens (tertiary/aromatic N) is 1. The van der Waals surface area contributed by atoms with E-state index >= 15 is 0 Å². The minimum absolute atomic E-state index is 0.00567. The maximum Gasteiger partial charge on any atom is 0.326 e. The van der Waals surface area contributed by atoms with E-state index in [0.717, 1.165) is 30.5 Å². The highest BCUT2D eigenvalue weighted by Crippen LogP contribution is 2.20. The molecule has 9 nitrogen and oxygen atoms in total. The largest absolute Gasteiger partial charge is 0.480 e. The molecule has 2 aromatic carbocycles. The SMILES string of the molecule is O=C(C[C@H](Cc1ccccc1)NC(=O)[C@@H]1CCCN1)N[C@H](Cc1ccccc1)C(=O)N1CCC[C@H]1C(=O)O. The van der Waals surface area contributed by atoms with E-state index < -0.39 is 30.0 Å². The van der Waals surface area contributed by atoms with Gasteiger partial charge in [0.1, 0.15) is 12.1 Å². The van der Waals surface area contributed by atoms with E-state index in [1.807, 2.05) is 60.7 Å². The van der Waals surface area contributed by atoms with Crippen LogP contribution in [0, 0.1) is 0 Å². The van der Waals surface area contributed by atoms with Crippen molar-refractivity contribution < 1.29 is 24.3 Å². The van der Waals surface area contributed by atoms with Crippen LogP contribution in [0.3, 0.4) is 0 Å². The maximum absolute atomic E-state index is 13.5. The third-order valence-corrected chi connectivity index (χ3v) is 7.22. The molecule has 0 aliphatic carbocycles. The summed E-state index contributed by atoms with van der Waals surface area (Å²) in [6, 6.07) is 16.4. The van der Waals surface area contributed by atoms with Crippen LogP contribution in [0.5, 0.6) is 0 Å². The van der Waals surface area contributed by atoms with Crippen molar-refractivity contribution in [3.8, 4) is 0 Å². The lowest BCUT2D eigenvalue weighted by Crippen LogP contribution is -2.54.